The Hall–Kier alpha value is -1.34. The third-order valence-corrected chi connectivity index (χ3v) is 2.80. The van der Waals surface area contributed by atoms with Gasteiger partial charge in [0.15, 0.2) is 5.13 Å². The summed E-state index contributed by atoms with van der Waals surface area (Å²) in [7, 11) is 0. The normalized spacial score (nSPS) is 9.65. The summed E-state index contributed by atoms with van der Waals surface area (Å²) in [6.45, 7) is 0.623. The molecule has 2 rings (SSSR count). The van der Waals surface area contributed by atoms with Crippen molar-refractivity contribution in [1.82, 2.24) is 4.98 Å². The van der Waals surface area contributed by atoms with E-state index in [0.29, 0.717) is 6.54 Å². The maximum absolute atomic E-state index is 11.0. The van der Waals surface area contributed by atoms with Gasteiger partial charge in [-0.3, -0.25) is 4.79 Å². The number of carbonyl (C=O) groups excluding carboxylic acids is 1. The van der Waals surface area contributed by atoms with Gasteiger partial charge in [-0.2, -0.15) is 0 Å². The fourth-order valence-corrected chi connectivity index (χ4v) is 1.99. The molecule has 0 bridgehead atoms. The lowest BCUT2D eigenvalue weighted by molar-refractivity contribution is -0.116. The van der Waals surface area contributed by atoms with Gasteiger partial charge < -0.3 is 15.1 Å². The molecule has 0 aliphatic heterocycles. The summed E-state index contributed by atoms with van der Waals surface area (Å²) in [6.07, 6.45) is 3.29. The van der Waals surface area contributed by atoms with Gasteiger partial charge in [0, 0.05) is 11.6 Å². The minimum atomic E-state index is -0.387. The molecular formula is C10H12BrN3O2S. The Bertz CT molecular complexity index is 444. The van der Waals surface area contributed by atoms with Crippen molar-refractivity contribution in [2.75, 3.05) is 11.4 Å². The first-order chi connectivity index (χ1) is 7.75. The van der Waals surface area contributed by atoms with Gasteiger partial charge in [0.1, 0.15) is 5.76 Å². The summed E-state index contributed by atoms with van der Waals surface area (Å²) < 4.78 is 5.23. The second-order valence-electron chi connectivity index (χ2n) is 3.22. The highest BCUT2D eigenvalue weighted by Gasteiger charge is 2.13. The lowest BCUT2D eigenvalue weighted by Crippen LogP contribution is -2.33. The highest BCUT2D eigenvalue weighted by atomic mass is 79.9. The number of carbonyl (C=O) groups is 1. The summed E-state index contributed by atoms with van der Waals surface area (Å²) in [6, 6.07) is 3.65. The second-order valence-corrected chi connectivity index (χ2v) is 4.09. The number of primary amides is 1. The quantitative estimate of drug-likeness (QED) is 0.912. The topological polar surface area (TPSA) is 72.4 Å². The molecular weight excluding hydrogens is 306 g/mol. The van der Waals surface area contributed by atoms with Crippen molar-refractivity contribution in [2.45, 2.75) is 6.54 Å². The molecule has 0 aromatic carbocycles. The van der Waals surface area contributed by atoms with E-state index < -0.39 is 0 Å². The van der Waals surface area contributed by atoms with Crippen LogP contribution in [0.5, 0.6) is 0 Å². The molecule has 2 heterocycles. The first-order valence-corrected chi connectivity index (χ1v) is 5.59. The average Bonchev–Trinajstić information content (AvgIpc) is 2.88. The van der Waals surface area contributed by atoms with E-state index in [1.807, 2.05) is 11.4 Å². The van der Waals surface area contributed by atoms with E-state index in [1.165, 1.54) is 11.3 Å². The Balaban J connectivity index is 0.00000144. The number of hydrogen-bond donors (Lipinski definition) is 1. The second kappa shape index (κ2) is 6.41. The van der Waals surface area contributed by atoms with Crippen LogP contribution in [0.2, 0.25) is 0 Å². The molecule has 2 aromatic rings. The van der Waals surface area contributed by atoms with E-state index in [9.17, 15) is 4.79 Å². The summed E-state index contributed by atoms with van der Waals surface area (Å²) in [5.74, 6) is 0.387. The van der Waals surface area contributed by atoms with Crippen LogP contribution < -0.4 is 10.6 Å². The van der Waals surface area contributed by atoms with Crippen LogP contribution in [0.25, 0.3) is 0 Å². The molecule has 0 saturated carbocycles. The number of hydrogen-bond acceptors (Lipinski definition) is 5. The third kappa shape index (κ3) is 3.86. The van der Waals surface area contributed by atoms with Crippen LogP contribution in [0.3, 0.4) is 0 Å². The fraction of sp³-hybridized carbons (Fsp3) is 0.200. The molecule has 0 atom stereocenters. The van der Waals surface area contributed by atoms with E-state index in [4.69, 9.17) is 10.2 Å². The summed E-state index contributed by atoms with van der Waals surface area (Å²) >= 11 is 1.46. The number of furan rings is 1. The largest absolute Gasteiger partial charge is 0.467 e. The van der Waals surface area contributed by atoms with Gasteiger partial charge >= 0.3 is 0 Å². The number of thiazole rings is 1. The van der Waals surface area contributed by atoms with Crippen molar-refractivity contribution in [3.63, 3.8) is 0 Å². The highest BCUT2D eigenvalue weighted by Crippen LogP contribution is 2.19. The van der Waals surface area contributed by atoms with Crippen LogP contribution in [-0.4, -0.2) is 17.4 Å². The third-order valence-electron chi connectivity index (χ3n) is 1.96. The molecule has 0 radical (unpaired) electrons. The number of halogens is 1. The number of nitrogens with two attached hydrogens (primary N) is 1. The Labute approximate surface area is 113 Å². The zero-order valence-electron chi connectivity index (χ0n) is 8.91. The number of rotatable bonds is 5. The number of anilines is 1. The Kier molecular flexibility index (Phi) is 5.17. The monoisotopic (exact) mass is 317 g/mol. The van der Waals surface area contributed by atoms with Crippen LogP contribution in [0.4, 0.5) is 5.13 Å². The van der Waals surface area contributed by atoms with Crippen molar-refractivity contribution in [3.8, 4) is 0 Å². The van der Waals surface area contributed by atoms with Gasteiger partial charge in [0.05, 0.1) is 19.4 Å². The Morgan fingerprint density at radius 2 is 2.41 bits per heavy atom. The predicted octanol–water partition coefficient (Wildman–Crippen LogP) is 1.81. The maximum atomic E-state index is 11.0. The van der Waals surface area contributed by atoms with E-state index in [0.717, 1.165) is 10.9 Å². The number of aromatic nitrogens is 1. The predicted molar refractivity (Wildman–Crippen MR) is 71.4 cm³/mol. The van der Waals surface area contributed by atoms with E-state index in [1.54, 1.807) is 23.4 Å². The summed E-state index contributed by atoms with van der Waals surface area (Å²) in [4.78, 5) is 16.9. The van der Waals surface area contributed by atoms with Crippen molar-refractivity contribution in [1.29, 1.82) is 0 Å². The van der Waals surface area contributed by atoms with Gasteiger partial charge in [-0.05, 0) is 12.1 Å². The van der Waals surface area contributed by atoms with Gasteiger partial charge in [0.2, 0.25) is 5.91 Å². The molecule has 0 spiro atoms. The highest BCUT2D eigenvalue weighted by molar-refractivity contribution is 8.93. The van der Waals surface area contributed by atoms with Crippen LogP contribution in [0.1, 0.15) is 5.76 Å². The Morgan fingerprint density at radius 1 is 1.59 bits per heavy atom. The molecule has 0 saturated heterocycles. The molecule has 0 fully saturated rings. The molecule has 0 aliphatic carbocycles. The Morgan fingerprint density at radius 3 is 2.94 bits per heavy atom. The van der Waals surface area contributed by atoms with Crippen molar-refractivity contribution < 1.29 is 9.21 Å². The van der Waals surface area contributed by atoms with Crippen LogP contribution >= 0.6 is 28.3 Å². The molecule has 0 aliphatic rings. The first kappa shape index (κ1) is 13.7. The molecule has 92 valence electrons. The zero-order valence-corrected chi connectivity index (χ0v) is 11.4. The summed E-state index contributed by atoms with van der Waals surface area (Å²) in [5.41, 5.74) is 5.19. The molecule has 5 nitrogen and oxygen atoms in total. The van der Waals surface area contributed by atoms with Crippen LogP contribution in [0.15, 0.2) is 34.4 Å². The minimum absolute atomic E-state index is 0. The fourth-order valence-electron chi connectivity index (χ4n) is 1.34. The lowest BCUT2D eigenvalue weighted by Gasteiger charge is -2.18. The van der Waals surface area contributed by atoms with Gasteiger partial charge in [-0.1, -0.05) is 0 Å². The number of amides is 1. The average molecular weight is 318 g/mol. The molecule has 2 N–H and O–H groups in total. The molecule has 2 aromatic heterocycles. The van der Waals surface area contributed by atoms with E-state index in [2.05, 4.69) is 4.98 Å². The van der Waals surface area contributed by atoms with Crippen molar-refractivity contribution in [3.05, 3.63) is 35.7 Å². The smallest absolute Gasteiger partial charge is 0.237 e. The maximum Gasteiger partial charge on any atom is 0.237 e. The molecule has 17 heavy (non-hydrogen) atoms. The summed E-state index contributed by atoms with van der Waals surface area (Å²) in [5, 5.41) is 2.61. The minimum Gasteiger partial charge on any atom is -0.467 e. The standard InChI is InChI=1S/C10H11N3O2S.BrH/c11-9(14)7-13(10-12-3-5-16-10)6-8-2-1-4-15-8;/h1-5H,6-7H2,(H2,11,14);1H. The SMILES string of the molecule is Br.NC(=O)CN(Cc1ccco1)c1nccs1. The number of nitrogens with zero attached hydrogens (tertiary/aromatic N) is 2. The van der Waals surface area contributed by atoms with Gasteiger partial charge in [-0.15, -0.1) is 28.3 Å². The van der Waals surface area contributed by atoms with Gasteiger partial charge in [0.25, 0.3) is 0 Å². The van der Waals surface area contributed by atoms with Gasteiger partial charge in [-0.25, -0.2) is 4.98 Å². The molecule has 1 amide bonds. The van der Waals surface area contributed by atoms with Crippen LogP contribution in [0, 0.1) is 0 Å². The van der Waals surface area contributed by atoms with Crippen molar-refractivity contribution in [2.24, 2.45) is 5.73 Å². The molecule has 0 unspecified atom stereocenters. The van der Waals surface area contributed by atoms with E-state index in [-0.39, 0.29) is 29.4 Å². The van der Waals surface area contributed by atoms with E-state index >= 15 is 0 Å². The first-order valence-electron chi connectivity index (χ1n) is 4.71. The van der Waals surface area contributed by atoms with Crippen LogP contribution in [-0.2, 0) is 11.3 Å². The molecule has 7 heteroatoms. The zero-order chi connectivity index (χ0) is 11.4. The van der Waals surface area contributed by atoms with Crippen molar-refractivity contribution >= 4 is 39.4 Å². The lowest BCUT2D eigenvalue weighted by atomic mass is 10.4.